The summed E-state index contributed by atoms with van der Waals surface area (Å²) in [5.41, 5.74) is -0.0697. The molecule has 0 saturated heterocycles. The monoisotopic (exact) mass is 273 g/mol. The molecule has 0 spiro atoms. The quantitative estimate of drug-likeness (QED) is 0.827. The molecule has 1 heterocycles. The molecule has 1 unspecified atom stereocenters. The molecule has 1 aromatic heterocycles. The summed E-state index contributed by atoms with van der Waals surface area (Å²) >= 11 is 1.16. The van der Waals surface area contributed by atoms with Crippen molar-refractivity contribution in [1.82, 2.24) is 4.98 Å². The minimum absolute atomic E-state index is 0.198. The van der Waals surface area contributed by atoms with Crippen molar-refractivity contribution in [1.29, 1.82) is 0 Å². The van der Waals surface area contributed by atoms with Gasteiger partial charge in [0.1, 0.15) is 15.5 Å². The standard InChI is InChI=1S/C12H19NO4S/c1-5-12(3,17-6-2)11-13-8(7-16-4)9(18-11)10(14)15/h5-7H2,1-4H3,(H,14,15). The van der Waals surface area contributed by atoms with Crippen LogP contribution in [0.25, 0.3) is 0 Å². The van der Waals surface area contributed by atoms with Crippen molar-refractivity contribution in [2.45, 2.75) is 39.4 Å². The van der Waals surface area contributed by atoms with Gasteiger partial charge in [0.25, 0.3) is 0 Å². The lowest BCUT2D eigenvalue weighted by Gasteiger charge is -2.25. The molecule has 0 bridgehead atoms. The first-order valence-corrected chi connectivity index (χ1v) is 6.66. The van der Waals surface area contributed by atoms with Crippen molar-refractivity contribution in [2.24, 2.45) is 0 Å². The number of aromatic nitrogens is 1. The summed E-state index contributed by atoms with van der Waals surface area (Å²) in [4.78, 5) is 15.8. The van der Waals surface area contributed by atoms with Crippen molar-refractivity contribution in [3.8, 4) is 0 Å². The van der Waals surface area contributed by atoms with E-state index in [1.807, 2.05) is 20.8 Å². The highest BCUT2D eigenvalue weighted by Gasteiger charge is 2.31. The van der Waals surface area contributed by atoms with E-state index in [0.29, 0.717) is 17.3 Å². The predicted octanol–water partition coefficient (Wildman–Crippen LogP) is 2.65. The molecule has 0 fully saturated rings. The fourth-order valence-corrected chi connectivity index (χ4v) is 2.69. The Hall–Kier alpha value is -0.980. The first-order valence-electron chi connectivity index (χ1n) is 5.84. The Kier molecular flexibility index (Phi) is 5.25. The summed E-state index contributed by atoms with van der Waals surface area (Å²) in [6.45, 7) is 6.59. The molecule has 1 atom stereocenters. The lowest BCUT2D eigenvalue weighted by atomic mass is 10.0. The highest BCUT2D eigenvalue weighted by atomic mass is 32.1. The van der Waals surface area contributed by atoms with Crippen LogP contribution in [0.3, 0.4) is 0 Å². The second-order valence-corrected chi connectivity index (χ2v) is 5.05. The van der Waals surface area contributed by atoms with E-state index in [4.69, 9.17) is 14.6 Å². The molecule has 0 aliphatic heterocycles. The number of rotatable bonds is 7. The van der Waals surface area contributed by atoms with Gasteiger partial charge in [0.05, 0.1) is 12.3 Å². The molecule has 0 aliphatic carbocycles. The van der Waals surface area contributed by atoms with Gasteiger partial charge in [-0.05, 0) is 20.3 Å². The molecule has 5 nitrogen and oxygen atoms in total. The van der Waals surface area contributed by atoms with Gasteiger partial charge in [0.2, 0.25) is 0 Å². The zero-order chi connectivity index (χ0) is 13.8. The second-order valence-electron chi connectivity index (χ2n) is 4.05. The van der Waals surface area contributed by atoms with Gasteiger partial charge < -0.3 is 14.6 Å². The van der Waals surface area contributed by atoms with Crippen molar-refractivity contribution >= 4 is 17.3 Å². The molecule has 1 aromatic rings. The van der Waals surface area contributed by atoms with Crippen LogP contribution in [-0.4, -0.2) is 29.8 Å². The Labute approximate surface area is 111 Å². The van der Waals surface area contributed by atoms with Gasteiger partial charge in [-0.2, -0.15) is 0 Å². The first-order chi connectivity index (χ1) is 8.48. The van der Waals surface area contributed by atoms with E-state index in [1.54, 1.807) is 0 Å². The number of ether oxygens (including phenoxy) is 2. The summed E-state index contributed by atoms with van der Waals surface area (Å²) in [5, 5.41) is 9.84. The Morgan fingerprint density at radius 1 is 1.50 bits per heavy atom. The van der Waals surface area contributed by atoms with Crippen LogP contribution >= 0.6 is 11.3 Å². The van der Waals surface area contributed by atoms with Crippen molar-refractivity contribution in [2.75, 3.05) is 13.7 Å². The number of aromatic carboxylic acids is 1. The maximum Gasteiger partial charge on any atom is 0.347 e. The molecule has 0 aliphatic rings. The lowest BCUT2D eigenvalue weighted by molar-refractivity contribution is -0.0326. The Balaban J connectivity index is 3.17. The normalized spacial score (nSPS) is 14.4. The lowest BCUT2D eigenvalue weighted by Crippen LogP contribution is -2.24. The van der Waals surface area contributed by atoms with Crippen LogP contribution in [0.2, 0.25) is 0 Å². The number of carbonyl (C=O) groups is 1. The van der Waals surface area contributed by atoms with Crippen molar-refractivity contribution in [3.05, 3.63) is 15.6 Å². The Bertz CT molecular complexity index is 418. The Morgan fingerprint density at radius 3 is 2.61 bits per heavy atom. The van der Waals surface area contributed by atoms with E-state index in [9.17, 15) is 4.79 Å². The number of methoxy groups -OCH3 is 1. The molecule has 0 aromatic carbocycles. The fourth-order valence-electron chi connectivity index (χ4n) is 1.61. The van der Waals surface area contributed by atoms with E-state index in [1.165, 1.54) is 7.11 Å². The molecule has 1 N–H and O–H groups in total. The summed E-state index contributed by atoms with van der Waals surface area (Å²) in [5.74, 6) is -0.972. The Morgan fingerprint density at radius 2 is 2.17 bits per heavy atom. The maximum absolute atomic E-state index is 11.2. The van der Waals surface area contributed by atoms with Crippen LogP contribution in [0, 0.1) is 0 Å². The van der Waals surface area contributed by atoms with Gasteiger partial charge in [0.15, 0.2) is 0 Å². The van der Waals surface area contributed by atoms with Gasteiger partial charge in [-0.25, -0.2) is 9.78 Å². The van der Waals surface area contributed by atoms with Gasteiger partial charge in [-0.15, -0.1) is 11.3 Å². The van der Waals surface area contributed by atoms with Crippen LogP contribution in [0.1, 0.15) is 47.6 Å². The average Bonchev–Trinajstić information content (AvgIpc) is 2.74. The van der Waals surface area contributed by atoms with E-state index < -0.39 is 11.6 Å². The third-order valence-corrected chi connectivity index (χ3v) is 4.09. The third-order valence-electron chi connectivity index (χ3n) is 2.76. The van der Waals surface area contributed by atoms with E-state index >= 15 is 0 Å². The van der Waals surface area contributed by atoms with Crippen molar-refractivity contribution < 1.29 is 19.4 Å². The summed E-state index contributed by atoms with van der Waals surface area (Å²) in [6.07, 6.45) is 0.736. The van der Waals surface area contributed by atoms with Crippen LogP contribution in [0.5, 0.6) is 0 Å². The zero-order valence-electron chi connectivity index (χ0n) is 11.1. The summed E-state index contributed by atoms with van der Waals surface area (Å²) in [7, 11) is 1.52. The molecule has 1 rings (SSSR count). The largest absolute Gasteiger partial charge is 0.477 e. The summed E-state index contributed by atoms with van der Waals surface area (Å²) in [6, 6.07) is 0. The zero-order valence-corrected chi connectivity index (χ0v) is 12.0. The average molecular weight is 273 g/mol. The number of nitrogens with zero attached hydrogens (tertiary/aromatic N) is 1. The molecule has 0 radical (unpaired) electrons. The highest BCUT2D eigenvalue weighted by molar-refractivity contribution is 7.13. The fraction of sp³-hybridized carbons (Fsp3) is 0.667. The van der Waals surface area contributed by atoms with Crippen LogP contribution in [0.4, 0.5) is 0 Å². The smallest absolute Gasteiger partial charge is 0.347 e. The van der Waals surface area contributed by atoms with E-state index in [-0.39, 0.29) is 11.5 Å². The first kappa shape index (κ1) is 15.1. The number of carboxylic acids is 1. The topological polar surface area (TPSA) is 68.7 Å². The van der Waals surface area contributed by atoms with E-state index in [2.05, 4.69) is 4.98 Å². The van der Waals surface area contributed by atoms with E-state index in [0.717, 1.165) is 17.8 Å². The molecule has 6 heteroatoms. The predicted molar refractivity (Wildman–Crippen MR) is 69.1 cm³/mol. The number of hydrogen-bond acceptors (Lipinski definition) is 5. The van der Waals surface area contributed by atoms with Crippen LogP contribution < -0.4 is 0 Å². The SMILES string of the molecule is CCOC(C)(CC)c1nc(COC)c(C(=O)O)s1. The molecule has 0 amide bonds. The molecule has 102 valence electrons. The second kappa shape index (κ2) is 6.26. The number of hydrogen-bond donors (Lipinski definition) is 1. The van der Waals surface area contributed by atoms with Gasteiger partial charge in [0, 0.05) is 13.7 Å². The number of carboxylic acid groups (broad SMARTS) is 1. The van der Waals surface area contributed by atoms with Gasteiger partial charge >= 0.3 is 5.97 Å². The van der Waals surface area contributed by atoms with Crippen LogP contribution in [-0.2, 0) is 21.7 Å². The van der Waals surface area contributed by atoms with Crippen molar-refractivity contribution in [3.63, 3.8) is 0 Å². The summed E-state index contributed by atoms with van der Waals surface area (Å²) < 4.78 is 10.7. The third kappa shape index (κ3) is 3.07. The van der Waals surface area contributed by atoms with Gasteiger partial charge in [-0.3, -0.25) is 0 Å². The number of thiazole rings is 1. The van der Waals surface area contributed by atoms with Crippen LogP contribution in [0.15, 0.2) is 0 Å². The molecule has 0 saturated carbocycles. The van der Waals surface area contributed by atoms with Gasteiger partial charge in [-0.1, -0.05) is 6.92 Å². The highest BCUT2D eigenvalue weighted by Crippen LogP contribution is 2.34. The molecular formula is C12H19NO4S. The molecular weight excluding hydrogens is 254 g/mol. The minimum atomic E-state index is -0.972. The molecule has 18 heavy (non-hydrogen) atoms. The maximum atomic E-state index is 11.2. The minimum Gasteiger partial charge on any atom is -0.477 e.